The highest BCUT2D eigenvalue weighted by molar-refractivity contribution is 9.10. The smallest absolute Gasteiger partial charge is 0.0835 e. The Balaban J connectivity index is 2.27. The molecule has 2 aromatic carbocycles. The largest absolute Gasteiger partial charge is 0.113 e. The van der Waals surface area contributed by atoms with Crippen molar-refractivity contribution in [1.82, 2.24) is 0 Å². The van der Waals surface area contributed by atoms with Crippen LogP contribution in [0.3, 0.4) is 0 Å². The molecule has 0 radical (unpaired) electrons. The highest BCUT2D eigenvalue weighted by atomic mass is 79.9. The molecule has 2 rings (SSSR count). The second-order valence-electron chi connectivity index (χ2n) is 4.86. The topological polar surface area (TPSA) is 0 Å². The minimum atomic E-state index is -0.174. The first-order chi connectivity index (χ1) is 8.99. The van der Waals surface area contributed by atoms with Gasteiger partial charge in [0.15, 0.2) is 0 Å². The van der Waals surface area contributed by atoms with E-state index in [0.29, 0.717) is 10.9 Å². The summed E-state index contributed by atoms with van der Waals surface area (Å²) in [6.45, 7) is 4.36. The Kier molecular flexibility index (Phi) is 4.94. The van der Waals surface area contributed by atoms with Gasteiger partial charge in [0.25, 0.3) is 0 Å². The van der Waals surface area contributed by atoms with Gasteiger partial charge in [0.1, 0.15) is 0 Å². The number of benzene rings is 2. The van der Waals surface area contributed by atoms with Crippen molar-refractivity contribution >= 4 is 39.1 Å². The van der Waals surface area contributed by atoms with Crippen LogP contribution in [0, 0.1) is 0 Å². The van der Waals surface area contributed by atoms with Crippen molar-refractivity contribution in [2.24, 2.45) is 0 Å². The maximum absolute atomic E-state index is 6.51. The second-order valence-corrected chi connectivity index (χ2v) is 6.56. The van der Waals surface area contributed by atoms with Gasteiger partial charge >= 0.3 is 0 Å². The van der Waals surface area contributed by atoms with Gasteiger partial charge in [0.2, 0.25) is 0 Å². The lowest BCUT2D eigenvalue weighted by Gasteiger charge is -2.13. The van der Waals surface area contributed by atoms with E-state index < -0.39 is 0 Å². The van der Waals surface area contributed by atoms with Crippen LogP contribution in [-0.4, -0.2) is 0 Å². The number of halogens is 3. The molecule has 0 nitrogen and oxygen atoms in total. The fourth-order valence-corrected chi connectivity index (χ4v) is 2.63. The van der Waals surface area contributed by atoms with Gasteiger partial charge in [0, 0.05) is 4.47 Å². The molecule has 0 aliphatic carbocycles. The second kappa shape index (κ2) is 6.30. The molecule has 0 aromatic heterocycles. The summed E-state index contributed by atoms with van der Waals surface area (Å²) in [6.07, 6.45) is 0. The SMILES string of the molecule is CC(C)c1ccc(C(Cl)c2ccc(Br)c(Cl)c2)cc1. The molecule has 0 aliphatic heterocycles. The molecule has 0 fully saturated rings. The van der Waals surface area contributed by atoms with Gasteiger partial charge in [-0.25, -0.2) is 0 Å². The van der Waals surface area contributed by atoms with Crippen LogP contribution < -0.4 is 0 Å². The maximum Gasteiger partial charge on any atom is 0.0835 e. The van der Waals surface area contributed by atoms with E-state index >= 15 is 0 Å². The van der Waals surface area contributed by atoms with Crippen molar-refractivity contribution in [2.75, 3.05) is 0 Å². The summed E-state index contributed by atoms with van der Waals surface area (Å²) in [5.41, 5.74) is 3.41. The van der Waals surface area contributed by atoms with E-state index in [0.717, 1.165) is 15.6 Å². The first kappa shape index (κ1) is 14.9. The first-order valence-corrected chi connectivity index (χ1v) is 7.78. The Morgan fingerprint density at radius 2 is 1.42 bits per heavy atom. The van der Waals surface area contributed by atoms with Crippen molar-refractivity contribution in [3.63, 3.8) is 0 Å². The van der Waals surface area contributed by atoms with Crippen LogP contribution >= 0.6 is 39.1 Å². The molecule has 0 heterocycles. The van der Waals surface area contributed by atoms with Gasteiger partial charge < -0.3 is 0 Å². The molecule has 1 atom stereocenters. The quantitative estimate of drug-likeness (QED) is 0.546. The fourth-order valence-electron chi connectivity index (χ4n) is 1.91. The summed E-state index contributed by atoms with van der Waals surface area (Å²) in [5, 5.41) is 0.508. The van der Waals surface area contributed by atoms with E-state index in [9.17, 15) is 0 Å². The standard InChI is InChI=1S/C16H15BrCl2/c1-10(2)11-3-5-12(6-4-11)16(19)13-7-8-14(17)15(18)9-13/h3-10,16H,1-2H3. The lowest BCUT2D eigenvalue weighted by molar-refractivity contribution is 0.865. The van der Waals surface area contributed by atoms with Crippen LogP contribution in [-0.2, 0) is 0 Å². The summed E-state index contributed by atoms with van der Waals surface area (Å²) < 4.78 is 0.886. The van der Waals surface area contributed by atoms with Crippen LogP contribution in [0.1, 0.15) is 41.8 Å². The summed E-state index contributed by atoms with van der Waals surface area (Å²) in [5.74, 6) is 0.532. The summed E-state index contributed by atoms with van der Waals surface area (Å²) in [7, 11) is 0. The lowest BCUT2D eigenvalue weighted by atomic mass is 9.98. The van der Waals surface area contributed by atoms with Crippen molar-refractivity contribution < 1.29 is 0 Å². The molecule has 0 bridgehead atoms. The van der Waals surface area contributed by atoms with E-state index in [1.807, 2.05) is 18.2 Å². The number of rotatable bonds is 3. The molecule has 0 amide bonds. The fraction of sp³-hybridized carbons (Fsp3) is 0.250. The van der Waals surface area contributed by atoms with Gasteiger partial charge in [-0.2, -0.15) is 0 Å². The van der Waals surface area contributed by atoms with E-state index in [4.69, 9.17) is 23.2 Å². The van der Waals surface area contributed by atoms with Crippen molar-refractivity contribution in [2.45, 2.75) is 25.1 Å². The minimum absolute atomic E-state index is 0.174. The molecule has 100 valence electrons. The van der Waals surface area contributed by atoms with Crippen LogP contribution in [0.2, 0.25) is 5.02 Å². The molecule has 0 N–H and O–H groups in total. The van der Waals surface area contributed by atoms with Crippen LogP contribution in [0.4, 0.5) is 0 Å². The maximum atomic E-state index is 6.51. The van der Waals surface area contributed by atoms with Gasteiger partial charge in [-0.3, -0.25) is 0 Å². The van der Waals surface area contributed by atoms with E-state index in [-0.39, 0.29) is 5.38 Å². The highest BCUT2D eigenvalue weighted by Gasteiger charge is 2.12. The highest BCUT2D eigenvalue weighted by Crippen LogP contribution is 2.33. The third-order valence-corrected chi connectivity index (χ3v) is 4.87. The zero-order valence-electron chi connectivity index (χ0n) is 10.8. The third kappa shape index (κ3) is 3.53. The molecule has 1 unspecified atom stereocenters. The zero-order valence-corrected chi connectivity index (χ0v) is 13.9. The van der Waals surface area contributed by atoms with Crippen LogP contribution in [0.15, 0.2) is 46.9 Å². The zero-order chi connectivity index (χ0) is 14.0. The predicted octanol–water partition coefficient (Wildman–Crippen LogP) is 6.55. The molecule has 0 saturated heterocycles. The normalized spacial score (nSPS) is 12.7. The van der Waals surface area contributed by atoms with Gasteiger partial charge in [-0.05, 0) is 50.7 Å². The molecule has 0 saturated carbocycles. The monoisotopic (exact) mass is 356 g/mol. The molecule has 2 aromatic rings. The average Bonchev–Trinajstić information content (AvgIpc) is 2.41. The summed E-state index contributed by atoms with van der Waals surface area (Å²) in [6, 6.07) is 14.3. The van der Waals surface area contributed by atoms with Gasteiger partial charge in [-0.1, -0.05) is 55.8 Å². The predicted molar refractivity (Wildman–Crippen MR) is 87.4 cm³/mol. The molecular weight excluding hydrogens is 343 g/mol. The third-order valence-electron chi connectivity index (χ3n) is 3.13. The van der Waals surface area contributed by atoms with E-state index in [1.54, 1.807) is 0 Å². The number of hydrogen-bond donors (Lipinski definition) is 0. The lowest BCUT2D eigenvalue weighted by Crippen LogP contribution is -1.95. The average molecular weight is 358 g/mol. The van der Waals surface area contributed by atoms with Gasteiger partial charge in [0.05, 0.1) is 10.4 Å². The molecule has 0 spiro atoms. The molecule has 19 heavy (non-hydrogen) atoms. The minimum Gasteiger partial charge on any atom is -0.113 e. The Morgan fingerprint density at radius 1 is 0.895 bits per heavy atom. The van der Waals surface area contributed by atoms with Crippen molar-refractivity contribution in [3.8, 4) is 0 Å². The number of alkyl halides is 1. The first-order valence-electron chi connectivity index (χ1n) is 6.18. The molecule has 0 aliphatic rings. The Hall–Kier alpha value is -0.500. The summed E-state index contributed by atoms with van der Waals surface area (Å²) in [4.78, 5) is 0. The molecular formula is C16H15BrCl2. The van der Waals surface area contributed by atoms with Crippen molar-refractivity contribution in [3.05, 3.63) is 68.7 Å². The molecule has 3 heteroatoms. The van der Waals surface area contributed by atoms with Gasteiger partial charge in [-0.15, -0.1) is 11.6 Å². The van der Waals surface area contributed by atoms with Crippen LogP contribution in [0.25, 0.3) is 0 Å². The summed E-state index contributed by atoms with van der Waals surface area (Å²) >= 11 is 16.0. The Bertz CT molecular complexity index is 561. The number of hydrogen-bond acceptors (Lipinski definition) is 0. The Labute approximate surface area is 132 Å². The van der Waals surface area contributed by atoms with E-state index in [2.05, 4.69) is 54.0 Å². The Morgan fingerprint density at radius 3 is 1.95 bits per heavy atom. The van der Waals surface area contributed by atoms with Crippen LogP contribution in [0.5, 0.6) is 0 Å². The van der Waals surface area contributed by atoms with Crippen molar-refractivity contribution in [1.29, 1.82) is 0 Å². The van der Waals surface area contributed by atoms with E-state index in [1.165, 1.54) is 5.56 Å².